The first-order chi connectivity index (χ1) is 8.63. The Balaban J connectivity index is 2.45. The van der Waals surface area contributed by atoms with Crippen LogP contribution in [0.4, 0.5) is 0 Å². The van der Waals surface area contributed by atoms with E-state index in [4.69, 9.17) is 4.74 Å². The summed E-state index contributed by atoms with van der Waals surface area (Å²) in [5, 5.41) is 3.44. The average Bonchev–Trinajstić information content (AvgIpc) is 2.31. The Hall–Kier alpha value is -0.190. The van der Waals surface area contributed by atoms with Gasteiger partial charge in [0.15, 0.2) is 0 Å². The van der Waals surface area contributed by atoms with E-state index in [1.807, 2.05) is 6.07 Å². The molecule has 1 aromatic carbocycles. The Morgan fingerprint density at radius 3 is 2.78 bits per heavy atom. The van der Waals surface area contributed by atoms with E-state index in [1.54, 1.807) is 11.8 Å². The summed E-state index contributed by atoms with van der Waals surface area (Å²) in [6.07, 6.45) is 2.09. The second-order valence-corrected chi connectivity index (χ2v) is 6.47. The van der Waals surface area contributed by atoms with Crippen molar-refractivity contribution in [2.24, 2.45) is 5.92 Å². The Bertz CT molecular complexity index is 358. The number of thioether (sulfide) groups is 1. The summed E-state index contributed by atoms with van der Waals surface area (Å²) in [6, 6.07) is 6.28. The zero-order valence-corrected chi connectivity index (χ0v) is 13.7. The molecule has 1 rings (SSSR count). The maximum Gasteiger partial charge on any atom is 0.133 e. The van der Waals surface area contributed by atoms with Gasteiger partial charge in [-0.25, -0.2) is 0 Å². The van der Waals surface area contributed by atoms with Crippen molar-refractivity contribution in [3.8, 4) is 5.75 Å². The van der Waals surface area contributed by atoms with Gasteiger partial charge in [0.1, 0.15) is 5.75 Å². The van der Waals surface area contributed by atoms with Crippen LogP contribution < -0.4 is 10.1 Å². The van der Waals surface area contributed by atoms with Gasteiger partial charge < -0.3 is 10.1 Å². The average molecular weight is 332 g/mol. The highest BCUT2D eigenvalue weighted by Gasteiger charge is 2.03. The van der Waals surface area contributed by atoms with Gasteiger partial charge in [0.25, 0.3) is 0 Å². The van der Waals surface area contributed by atoms with Gasteiger partial charge in [-0.15, -0.1) is 0 Å². The summed E-state index contributed by atoms with van der Waals surface area (Å²) in [4.78, 5) is 0. The molecule has 2 nitrogen and oxygen atoms in total. The second kappa shape index (κ2) is 8.83. The van der Waals surface area contributed by atoms with E-state index in [2.05, 4.69) is 53.5 Å². The zero-order chi connectivity index (χ0) is 13.4. The molecule has 0 atom stereocenters. The van der Waals surface area contributed by atoms with Gasteiger partial charge in [0.2, 0.25) is 0 Å². The molecule has 0 aliphatic rings. The lowest BCUT2D eigenvalue weighted by atomic mass is 10.2. The summed E-state index contributed by atoms with van der Waals surface area (Å²) < 4.78 is 6.72. The summed E-state index contributed by atoms with van der Waals surface area (Å²) in [5.74, 6) is 2.63. The first-order valence-corrected chi connectivity index (χ1v) is 8.43. The van der Waals surface area contributed by atoms with Gasteiger partial charge in [0.05, 0.1) is 11.1 Å². The smallest absolute Gasteiger partial charge is 0.133 e. The molecule has 4 heteroatoms. The molecule has 0 amide bonds. The number of rotatable bonds is 8. The summed E-state index contributed by atoms with van der Waals surface area (Å²) >= 11 is 5.35. The van der Waals surface area contributed by atoms with E-state index >= 15 is 0 Å². The fourth-order valence-corrected chi connectivity index (χ4v) is 2.30. The SMILES string of the molecule is CSCCOc1ccc(CNCC(C)C)cc1Br. The van der Waals surface area contributed by atoms with Crippen LogP contribution in [0.5, 0.6) is 5.75 Å². The van der Waals surface area contributed by atoms with Crippen LogP contribution in [-0.2, 0) is 6.54 Å². The molecular formula is C14H22BrNOS. The first kappa shape index (κ1) is 15.9. The predicted octanol–water partition coefficient (Wildman–Crippen LogP) is 3.94. The number of hydrogen-bond donors (Lipinski definition) is 1. The van der Waals surface area contributed by atoms with E-state index in [0.717, 1.165) is 35.7 Å². The third kappa shape index (κ3) is 6.12. The molecule has 0 spiro atoms. The fraction of sp³-hybridized carbons (Fsp3) is 0.571. The summed E-state index contributed by atoms with van der Waals surface area (Å²) in [6.45, 7) is 7.13. The van der Waals surface area contributed by atoms with E-state index < -0.39 is 0 Å². The molecule has 0 aromatic heterocycles. The van der Waals surface area contributed by atoms with Gasteiger partial charge in [-0.3, -0.25) is 0 Å². The Morgan fingerprint density at radius 1 is 1.39 bits per heavy atom. The number of benzene rings is 1. The standard InChI is InChI=1S/C14H22BrNOS/c1-11(2)9-16-10-12-4-5-14(13(15)8-12)17-6-7-18-3/h4-5,8,11,16H,6-7,9-10H2,1-3H3. The van der Waals surface area contributed by atoms with Crippen molar-refractivity contribution < 1.29 is 4.74 Å². The molecule has 1 N–H and O–H groups in total. The van der Waals surface area contributed by atoms with Gasteiger partial charge >= 0.3 is 0 Å². The van der Waals surface area contributed by atoms with Crippen LogP contribution in [0.15, 0.2) is 22.7 Å². The van der Waals surface area contributed by atoms with Crippen LogP contribution >= 0.6 is 27.7 Å². The Labute approximate surface area is 123 Å². The molecule has 1 aromatic rings. The lowest BCUT2D eigenvalue weighted by Gasteiger charge is -2.11. The minimum absolute atomic E-state index is 0.683. The van der Waals surface area contributed by atoms with Gasteiger partial charge in [-0.2, -0.15) is 11.8 Å². The molecule has 0 bridgehead atoms. The minimum atomic E-state index is 0.683. The minimum Gasteiger partial charge on any atom is -0.492 e. The largest absolute Gasteiger partial charge is 0.492 e. The van der Waals surface area contributed by atoms with Gasteiger partial charge in [-0.1, -0.05) is 19.9 Å². The lowest BCUT2D eigenvalue weighted by Crippen LogP contribution is -2.18. The van der Waals surface area contributed by atoms with Crippen molar-refractivity contribution in [3.63, 3.8) is 0 Å². The third-order valence-corrected chi connectivity index (χ3v) is 3.62. The van der Waals surface area contributed by atoms with Crippen LogP contribution in [-0.4, -0.2) is 25.2 Å². The lowest BCUT2D eigenvalue weighted by molar-refractivity contribution is 0.341. The fourth-order valence-electron chi connectivity index (χ4n) is 1.51. The molecule has 0 aliphatic heterocycles. The van der Waals surface area contributed by atoms with Crippen LogP contribution in [0.1, 0.15) is 19.4 Å². The predicted molar refractivity (Wildman–Crippen MR) is 84.6 cm³/mol. The van der Waals surface area contributed by atoms with E-state index in [-0.39, 0.29) is 0 Å². The number of ether oxygens (including phenoxy) is 1. The van der Waals surface area contributed by atoms with Gasteiger partial charge in [0, 0.05) is 12.3 Å². The Morgan fingerprint density at radius 2 is 2.17 bits per heavy atom. The number of hydrogen-bond acceptors (Lipinski definition) is 3. The normalized spacial score (nSPS) is 10.9. The highest BCUT2D eigenvalue weighted by Crippen LogP contribution is 2.26. The summed E-state index contributed by atoms with van der Waals surface area (Å²) in [7, 11) is 0. The highest BCUT2D eigenvalue weighted by molar-refractivity contribution is 9.10. The topological polar surface area (TPSA) is 21.3 Å². The van der Waals surface area contributed by atoms with Crippen molar-refractivity contribution in [1.29, 1.82) is 0 Å². The molecular weight excluding hydrogens is 310 g/mol. The van der Waals surface area contributed by atoms with Crippen LogP contribution in [0, 0.1) is 5.92 Å². The van der Waals surface area contributed by atoms with Crippen LogP contribution in [0.25, 0.3) is 0 Å². The monoisotopic (exact) mass is 331 g/mol. The number of halogens is 1. The van der Waals surface area contributed by atoms with E-state index in [9.17, 15) is 0 Å². The van der Waals surface area contributed by atoms with Crippen molar-refractivity contribution >= 4 is 27.7 Å². The summed E-state index contributed by atoms with van der Waals surface area (Å²) in [5.41, 5.74) is 1.28. The highest BCUT2D eigenvalue weighted by atomic mass is 79.9. The Kier molecular flexibility index (Phi) is 7.79. The van der Waals surface area contributed by atoms with E-state index in [1.165, 1.54) is 5.56 Å². The molecule has 0 unspecified atom stereocenters. The third-order valence-electron chi connectivity index (χ3n) is 2.42. The molecule has 0 aliphatic carbocycles. The molecule has 0 radical (unpaired) electrons. The van der Waals surface area contributed by atoms with Gasteiger partial charge in [-0.05, 0) is 52.3 Å². The molecule has 0 saturated carbocycles. The molecule has 102 valence electrons. The molecule has 0 fully saturated rings. The molecule has 18 heavy (non-hydrogen) atoms. The zero-order valence-electron chi connectivity index (χ0n) is 11.3. The maximum atomic E-state index is 5.69. The second-order valence-electron chi connectivity index (χ2n) is 4.63. The van der Waals surface area contributed by atoms with Crippen molar-refractivity contribution in [3.05, 3.63) is 28.2 Å². The van der Waals surface area contributed by atoms with E-state index in [0.29, 0.717) is 5.92 Å². The van der Waals surface area contributed by atoms with Crippen molar-refractivity contribution in [2.75, 3.05) is 25.2 Å². The van der Waals surface area contributed by atoms with Crippen molar-refractivity contribution in [2.45, 2.75) is 20.4 Å². The van der Waals surface area contributed by atoms with Crippen molar-refractivity contribution in [1.82, 2.24) is 5.32 Å². The van der Waals surface area contributed by atoms with Crippen LogP contribution in [0.3, 0.4) is 0 Å². The van der Waals surface area contributed by atoms with Crippen LogP contribution in [0.2, 0.25) is 0 Å². The number of nitrogens with one attached hydrogen (secondary N) is 1. The first-order valence-electron chi connectivity index (χ1n) is 6.24. The quantitative estimate of drug-likeness (QED) is 0.729. The molecule has 0 saturated heterocycles. The molecule has 0 heterocycles. The maximum absolute atomic E-state index is 5.69.